The summed E-state index contributed by atoms with van der Waals surface area (Å²) in [6.07, 6.45) is 7.23. The fourth-order valence-corrected chi connectivity index (χ4v) is 4.02. The van der Waals surface area contributed by atoms with Crippen molar-refractivity contribution in [1.82, 2.24) is 15.2 Å². The van der Waals surface area contributed by atoms with Gasteiger partial charge in [-0.05, 0) is 39.3 Å². The van der Waals surface area contributed by atoms with E-state index >= 15 is 0 Å². The summed E-state index contributed by atoms with van der Waals surface area (Å²) in [5.41, 5.74) is 0. The van der Waals surface area contributed by atoms with E-state index in [1.807, 2.05) is 17.5 Å². The van der Waals surface area contributed by atoms with E-state index in [1.165, 1.54) is 35.7 Å². The van der Waals surface area contributed by atoms with Crippen LogP contribution in [0.5, 0.6) is 0 Å². The molecule has 2 unspecified atom stereocenters. The molecule has 0 aliphatic carbocycles. The predicted octanol–water partition coefficient (Wildman–Crippen LogP) is 2.60. The molecule has 20 heavy (non-hydrogen) atoms. The van der Waals surface area contributed by atoms with Crippen LogP contribution in [0.15, 0.2) is 6.20 Å². The third kappa shape index (κ3) is 3.92. The summed E-state index contributed by atoms with van der Waals surface area (Å²) in [5.74, 6) is 0. The summed E-state index contributed by atoms with van der Waals surface area (Å²) in [5, 5.41) is 4.57. The monoisotopic (exact) mass is 317 g/mol. The maximum atomic E-state index is 5.70. The Morgan fingerprint density at radius 1 is 1.45 bits per heavy atom. The highest BCUT2D eigenvalue weighted by Gasteiger charge is 2.22. The van der Waals surface area contributed by atoms with Crippen LogP contribution < -0.4 is 5.32 Å². The zero-order chi connectivity index (χ0) is 13.1. The number of aromatic nitrogens is 1. The molecule has 4 nitrogen and oxygen atoms in total. The van der Waals surface area contributed by atoms with Gasteiger partial charge in [-0.15, -0.1) is 23.7 Å². The standard InChI is InChI=1S/C14H23N3OS.ClH/c1-15-11-4-2-6-17(9-11)10-12-8-16-14(19-12)13-5-3-7-18-13;/h8,11,13,15H,2-7,9-10H2,1H3;1H. The van der Waals surface area contributed by atoms with Crippen molar-refractivity contribution in [3.8, 4) is 0 Å². The van der Waals surface area contributed by atoms with Crippen molar-refractivity contribution in [3.05, 3.63) is 16.1 Å². The third-order valence-electron chi connectivity index (χ3n) is 4.07. The van der Waals surface area contributed by atoms with Gasteiger partial charge < -0.3 is 10.1 Å². The quantitative estimate of drug-likeness (QED) is 0.926. The molecule has 0 bridgehead atoms. The van der Waals surface area contributed by atoms with E-state index in [4.69, 9.17) is 4.74 Å². The summed E-state index contributed by atoms with van der Waals surface area (Å²) in [6.45, 7) is 4.31. The van der Waals surface area contributed by atoms with E-state index in [-0.39, 0.29) is 18.5 Å². The molecule has 1 aromatic rings. The SMILES string of the molecule is CNC1CCCN(Cc2cnc(C3CCCO3)s2)C1.Cl. The van der Waals surface area contributed by atoms with Gasteiger partial charge in [0.2, 0.25) is 0 Å². The molecule has 2 fully saturated rings. The van der Waals surface area contributed by atoms with Crippen LogP contribution in [0.3, 0.4) is 0 Å². The van der Waals surface area contributed by atoms with E-state index in [0.717, 1.165) is 26.1 Å². The van der Waals surface area contributed by atoms with Gasteiger partial charge in [0.25, 0.3) is 0 Å². The minimum atomic E-state index is 0. The van der Waals surface area contributed by atoms with Crippen molar-refractivity contribution >= 4 is 23.7 Å². The van der Waals surface area contributed by atoms with E-state index in [2.05, 4.69) is 22.2 Å². The first-order valence-corrected chi connectivity index (χ1v) is 8.12. The largest absolute Gasteiger partial charge is 0.371 e. The van der Waals surface area contributed by atoms with E-state index in [9.17, 15) is 0 Å². The molecule has 0 radical (unpaired) electrons. The van der Waals surface area contributed by atoms with Gasteiger partial charge in [0.15, 0.2) is 0 Å². The van der Waals surface area contributed by atoms with Crippen LogP contribution >= 0.6 is 23.7 Å². The van der Waals surface area contributed by atoms with Crippen molar-refractivity contribution in [1.29, 1.82) is 0 Å². The Balaban J connectivity index is 0.00000147. The lowest BCUT2D eigenvalue weighted by atomic mass is 10.1. The average Bonchev–Trinajstić information content (AvgIpc) is 3.09. The maximum Gasteiger partial charge on any atom is 0.122 e. The number of nitrogens with one attached hydrogen (secondary N) is 1. The van der Waals surface area contributed by atoms with E-state index in [0.29, 0.717) is 6.04 Å². The molecule has 2 aliphatic rings. The molecule has 0 spiro atoms. The molecular weight excluding hydrogens is 294 g/mol. The normalized spacial score (nSPS) is 27.4. The van der Waals surface area contributed by atoms with Crippen molar-refractivity contribution in [2.45, 2.75) is 44.4 Å². The number of likely N-dealkylation sites (tertiary alicyclic amines) is 1. The number of hydrogen-bond acceptors (Lipinski definition) is 5. The molecular formula is C14H24ClN3OS. The van der Waals surface area contributed by atoms with Crippen LogP contribution in [-0.4, -0.2) is 42.7 Å². The topological polar surface area (TPSA) is 37.4 Å². The maximum absolute atomic E-state index is 5.70. The first-order valence-electron chi connectivity index (χ1n) is 7.31. The van der Waals surface area contributed by atoms with Crippen molar-refractivity contribution in [2.24, 2.45) is 0 Å². The van der Waals surface area contributed by atoms with Gasteiger partial charge in [-0.2, -0.15) is 0 Å². The number of halogens is 1. The van der Waals surface area contributed by atoms with Gasteiger partial charge in [-0.25, -0.2) is 4.98 Å². The van der Waals surface area contributed by atoms with Crippen LogP contribution in [-0.2, 0) is 11.3 Å². The Labute approximate surface area is 131 Å². The van der Waals surface area contributed by atoms with E-state index in [1.54, 1.807) is 0 Å². The second-order valence-electron chi connectivity index (χ2n) is 5.53. The molecule has 0 amide bonds. The Morgan fingerprint density at radius 2 is 2.35 bits per heavy atom. The smallest absolute Gasteiger partial charge is 0.122 e. The van der Waals surface area contributed by atoms with Gasteiger partial charge in [-0.3, -0.25) is 4.90 Å². The second-order valence-corrected chi connectivity index (χ2v) is 6.68. The highest BCUT2D eigenvalue weighted by Crippen LogP contribution is 2.31. The molecule has 2 aliphatic heterocycles. The Bertz CT molecular complexity index is 409. The van der Waals surface area contributed by atoms with Crippen LogP contribution in [0, 0.1) is 0 Å². The fraction of sp³-hybridized carbons (Fsp3) is 0.786. The fourth-order valence-electron chi connectivity index (χ4n) is 2.97. The Kier molecular flexibility index (Phi) is 6.23. The minimum Gasteiger partial charge on any atom is -0.371 e. The number of nitrogens with zero attached hydrogens (tertiary/aromatic N) is 2. The van der Waals surface area contributed by atoms with E-state index < -0.39 is 0 Å². The number of ether oxygens (including phenoxy) is 1. The highest BCUT2D eigenvalue weighted by molar-refractivity contribution is 7.11. The number of rotatable bonds is 4. The van der Waals surface area contributed by atoms with Crippen molar-refractivity contribution < 1.29 is 4.74 Å². The molecule has 3 heterocycles. The second kappa shape index (κ2) is 7.71. The van der Waals surface area contributed by atoms with Gasteiger partial charge in [0, 0.05) is 36.8 Å². The number of thiazole rings is 1. The lowest BCUT2D eigenvalue weighted by Crippen LogP contribution is -2.43. The zero-order valence-corrected chi connectivity index (χ0v) is 13.6. The summed E-state index contributed by atoms with van der Waals surface area (Å²) >= 11 is 1.83. The summed E-state index contributed by atoms with van der Waals surface area (Å²) in [7, 11) is 2.07. The van der Waals surface area contributed by atoms with Crippen LogP contribution in [0.1, 0.15) is 41.7 Å². The van der Waals surface area contributed by atoms with Gasteiger partial charge in [0.1, 0.15) is 11.1 Å². The lowest BCUT2D eigenvalue weighted by molar-refractivity contribution is 0.111. The first kappa shape index (κ1) is 16.2. The summed E-state index contributed by atoms with van der Waals surface area (Å²) in [6, 6.07) is 0.652. The molecule has 0 saturated carbocycles. The summed E-state index contributed by atoms with van der Waals surface area (Å²) < 4.78 is 5.70. The minimum absolute atomic E-state index is 0. The van der Waals surface area contributed by atoms with Crippen molar-refractivity contribution in [3.63, 3.8) is 0 Å². The van der Waals surface area contributed by atoms with Crippen LogP contribution in [0.25, 0.3) is 0 Å². The molecule has 2 atom stereocenters. The molecule has 0 aromatic carbocycles. The molecule has 114 valence electrons. The van der Waals surface area contributed by atoms with Crippen LogP contribution in [0.4, 0.5) is 0 Å². The number of piperidine rings is 1. The Morgan fingerprint density at radius 3 is 3.10 bits per heavy atom. The van der Waals surface area contributed by atoms with Gasteiger partial charge in [-0.1, -0.05) is 0 Å². The molecule has 1 aromatic heterocycles. The van der Waals surface area contributed by atoms with Crippen LogP contribution in [0.2, 0.25) is 0 Å². The number of hydrogen-bond donors (Lipinski definition) is 1. The molecule has 3 rings (SSSR count). The average molecular weight is 318 g/mol. The zero-order valence-electron chi connectivity index (χ0n) is 12.0. The molecule has 6 heteroatoms. The predicted molar refractivity (Wildman–Crippen MR) is 84.6 cm³/mol. The first-order chi connectivity index (χ1) is 9.35. The van der Waals surface area contributed by atoms with Gasteiger partial charge >= 0.3 is 0 Å². The highest BCUT2D eigenvalue weighted by atomic mass is 35.5. The molecule has 1 N–H and O–H groups in total. The lowest BCUT2D eigenvalue weighted by Gasteiger charge is -2.32. The number of likely N-dealkylation sites (N-methyl/N-ethyl adjacent to an activating group) is 1. The van der Waals surface area contributed by atoms with Crippen molar-refractivity contribution in [2.75, 3.05) is 26.7 Å². The van der Waals surface area contributed by atoms with Gasteiger partial charge in [0.05, 0.1) is 0 Å². The summed E-state index contributed by atoms with van der Waals surface area (Å²) in [4.78, 5) is 8.47. The third-order valence-corrected chi connectivity index (χ3v) is 5.14. The Hall–Kier alpha value is -0.200. The molecule has 2 saturated heterocycles.